The molecule has 3 amide bonds. The fraction of sp³-hybridized carbons (Fsp3) is 0.316. The number of anilines is 2. The van der Waals surface area contributed by atoms with E-state index >= 15 is 0 Å². The number of rotatable bonds is 3. The van der Waals surface area contributed by atoms with Gasteiger partial charge in [0.15, 0.2) is 0 Å². The third kappa shape index (κ3) is 3.66. The Balaban J connectivity index is 1.49. The molecule has 3 heterocycles. The van der Waals surface area contributed by atoms with Crippen LogP contribution in [0, 0.1) is 0 Å². The number of aromatic nitrogens is 1. The second kappa shape index (κ2) is 7.75. The monoisotopic (exact) mass is 401 g/mol. The molecule has 8 nitrogen and oxygen atoms in total. The molecule has 2 fully saturated rings. The zero-order valence-corrected chi connectivity index (χ0v) is 16.1. The molecule has 0 aliphatic carbocycles. The van der Waals surface area contributed by atoms with Crippen LogP contribution in [0.2, 0.25) is 5.02 Å². The van der Waals surface area contributed by atoms with Crippen LogP contribution in [0.5, 0.6) is 0 Å². The maximum atomic E-state index is 12.8. The van der Waals surface area contributed by atoms with Crippen molar-refractivity contribution in [2.24, 2.45) is 0 Å². The van der Waals surface area contributed by atoms with E-state index in [9.17, 15) is 9.59 Å². The Morgan fingerprint density at radius 3 is 2.89 bits per heavy atom. The predicted molar refractivity (Wildman–Crippen MR) is 105 cm³/mol. The second-order valence-electron chi connectivity index (χ2n) is 6.82. The SMILES string of the molecule is CN1CCN2C(=O)N(c3ccc(NC(=O)c4ccccn4)cc3Cl)OCC2C1. The third-order valence-corrected chi connectivity index (χ3v) is 5.13. The number of carbonyl (C=O) groups excluding carboxylic acids is 2. The molecular formula is C19H20ClN5O3. The molecule has 1 unspecified atom stereocenters. The number of nitrogens with one attached hydrogen (secondary N) is 1. The summed E-state index contributed by atoms with van der Waals surface area (Å²) < 4.78 is 0. The summed E-state index contributed by atoms with van der Waals surface area (Å²) in [6.07, 6.45) is 1.55. The van der Waals surface area contributed by atoms with E-state index in [2.05, 4.69) is 15.2 Å². The lowest BCUT2D eigenvalue weighted by atomic mass is 10.2. The molecule has 2 saturated heterocycles. The standard InChI is InChI=1S/C19H20ClN5O3/c1-23-8-9-24-14(11-23)12-28-25(19(24)27)17-6-5-13(10-15(17)20)22-18(26)16-4-2-3-7-21-16/h2-7,10,14H,8-9,11-12H2,1H3,(H,22,26). The van der Waals surface area contributed by atoms with Crippen LogP contribution in [0.3, 0.4) is 0 Å². The van der Waals surface area contributed by atoms with Gasteiger partial charge in [-0.25, -0.2) is 4.79 Å². The number of nitrogens with zero attached hydrogens (tertiary/aromatic N) is 4. The van der Waals surface area contributed by atoms with Crippen molar-refractivity contribution in [1.82, 2.24) is 14.8 Å². The van der Waals surface area contributed by atoms with Crippen LogP contribution in [0.1, 0.15) is 10.5 Å². The number of pyridine rings is 1. The number of urea groups is 1. The third-order valence-electron chi connectivity index (χ3n) is 4.82. The fourth-order valence-electron chi connectivity index (χ4n) is 3.35. The van der Waals surface area contributed by atoms with E-state index in [1.54, 1.807) is 42.6 Å². The van der Waals surface area contributed by atoms with Crippen molar-refractivity contribution >= 4 is 34.9 Å². The van der Waals surface area contributed by atoms with Crippen LogP contribution >= 0.6 is 11.6 Å². The molecule has 1 atom stereocenters. The maximum Gasteiger partial charge on any atom is 0.349 e. The molecule has 0 saturated carbocycles. The molecule has 1 aromatic carbocycles. The van der Waals surface area contributed by atoms with Crippen LogP contribution in [-0.4, -0.2) is 66.1 Å². The molecule has 0 bridgehead atoms. The van der Waals surface area contributed by atoms with E-state index in [-0.39, 0.29) is 18.0 Å². The Labute approximate surface area is 167 Å². The zero-order chi connectivity index (χ0) is 19.7. The van der Waals surface area contributed by atoms with Crippen molar-refractivity contribution in [2.75, 3.05) is 43.7 Å². The van der Waals surface area contributed by atoms with Gasteiger partial charge in [0.25, 0.3) is 5.91 Å². The largest absolute Gasteiger partial charge is 0.349 e. The lowest BCUT2D eigenvalue weighted by Gasteiger charge is -2.45. The zero-order valence-electron chi connectivity index (χ0n) is 15.3. The normalized spacial score (nSPS) is 20.1. The molecule has 0 radical (unpaired) electrons. The van der Waals surface area contributed by atoms with Crippen LogP contribution in [0.4, 0.5) is 16.2 Å². The molecule has 4 rings (SSSR count). The summed E-state index contributed by atoms with van der Waals surface area (Å²) in [5.74, 6) is -0.338. The van der Waals surface area contributed by atoms with Gasteiger partial charge >= 0.3 is 6.03 Å². The van der Waals surface area contributed by atoms with Gasteiger partial charge in [0, 0.05) is 31.5 Å². The summed E-state index contributed by atoms with van der Waals surface area (Å²) >= 11 is 6.39. The van der Waals surface area contributed by atoms with E-state index in [0.29, 0.717) is 35.2 Å². The first-order valence-corrected chi connectivity index (χ1v) is 9.35. The minimum absolute atomic E-state index is 0.0400. The average Bonchev–Trinajstić information content (AvgIpc) is 2.69. The van der Waals surface area contributed by atoms with Gasteiger partial charge in [-0.3, -0.25) is 14.6 Å². The van der Waals surface area contributed by atoms with Crippen molar-refractivity contribution in [3.8, 4) is 0 Å². The summed E-state index contributed by atoms with van der Waals surface area (Å²) in [5, 5.41) is 4.28. The maximum absolute atomic E-state index is 12.8. The molecule has 2 aromatic rings. The fourth-order valence-corrected chi connectivity index (χ4v) is 3.61. The van der Waals surface area contributed by atoms with Gasteiger partial charge in [-0.2, -0.15) is 5.06 Å². The minimum atomic E-state index is -0.338. The van der Waals surface area contributed by atoms with Gasteiger partial charge in [-0.15, -0.1) is 0 Å². The van der Waals surface area contributed by atoms with E-state index in [1.807, 2.05) is 11.9 Å². The van der Waals surface area contributed by atoms with Crippen molar-refractivity contribution in [3.63, 3.8) is 0 Å². The topological polar surface area (TPSA) is 78.0 Å². The molecule has 28 heavy (non-hydrogen) atoms. The number of likely N-dealkylation sites (N-methyl/N-ethyl adjacent to an activating group) is 1. The molecular weight excluding hydrogens is 382 g/mol. The van der Waals surface area contributed by atoms with E-state index in [1.165, 1.54) is 5.06 Å². The number of fused-ring (bicyclic) bond motifs is 1. The van der Waals surface area contributed by atoms with Gasteiger partial charge < -0.3 is 15.1 Å². The summed E-state index contributed by atoms with van der Waals surface area (Å²) in [6, 6.07) is 9.84. The molecule has 1 N–H and O–H groups in total. The van der Waals surface area contributed by atoms with Crippen LogP contribution in [-0.2, 0) is 4.84 Å². The highest BCUT2D eigenvalue weighted by Crippen LogP contribution is 2.32. The molecule has 0 spiro atoms. The predicted octanol–water partition coefficient (Wildman–Crippen LogP) is 2.47. The lowest BCUT2D eigenvalue weighted by molar-refractivity contribution is -0.0103. The molecule has 2 aliphatic rings. The van der Waals surface area contributed by atoms with Gasteiger partial charge in [-0.1, -0.05) is 17.7 Å². The molecule has 9 heteroatoms. The van der Waals surface area contributed by atoms with Crippen molar-refractivity contribution < 1.29 is 14.4 Å². The Hall–Kier alpha value is -2.68. The Bertz CT molecular complexity index is 894. The lowest BCUT2D eigenvalue weighted by Crippen LogP contribution is -2.63. The minimum Gasteiger partial charge on any atom is -0.321 e. The van der Waals surface area contributed by atoms with Crippen molar-refractivity contribution in [2.45, 2.75) is 6.04 Å². The Morgan fingerprint density at radius 2 is 2.14 bits per heavy atom. The second-order valence-corrected chi connectivity index (χ2v) is 7.22. The quantitative estimate of drug-likeness (QED) is 0.854. The summed E-state index contributed by atoms with van der Waals surface area (Å²) in [6.45, 7) is 2.66. The number of hydroxylamine groups is 1. The number of hydrogen-bond acceptors (Lipinski definition) is 5. The van der Waals surface area contributed by atoms with Crippen LogP contribution in [0.15, 0.2) is 42.6 Å². The van der Waals surface area contributed by atoms with E-state index in [0.717, 1.165) is 13.1 Å². The molecule has 146 valence electrons. The average molecular weight is 402 g/mol. The molecule has 1 aromatic heterocycles. The first-order chi connectivity index (χ1) is 13.5. The van der Waals surface area contributed by atoms with Gasteiger partial charge in [0.05, 0.1) is 23.4 Å². The number of piperazine rings is 1. The smallest absolute Gasteiger partial charge is 0.321 e. The highest BCUT2D eigenvalue weighted by atomic mass is 35.5. The van der Waals surface area contributed by atoms with Crippen LogP contribution < -0.4 is 10.4 Å². The van der Waals surface area contributed by atoms with Gasteiger partial charge in [0.1, 0.15) is 5.69 Å². The highest BCUT2D eigenvalue weighted by Gasteiger charge is 2.38. The van der Waals surface area contributed by atoms with Gasteiger partial charge in [-0.05, 0) is 37.4 Å². The summed E-state index contributed by atoms with van der Waals surface area (Å²) in [4.78, 5) is 38.8. The first-order valence-electron chi connectivity index (χ1n) is 8.97. The van der Waals surface area contributed by atoms with Crippen molar-refractivity contribution in [1.29, 1.82) is 0 Å². The number of carbonyl (C=O) groups is 2. The first kappa shape index (κ1) is 18.7. The summed E-state index contributed by atoms with van der Waals surface area (Å²) in [7, 11) is 2.03. The number of benzene rings is 1. The number of halogens is 1. The highest BCUT2D eigenvalue weighted by molar-refractivity contribution is 6.34. The van der Waals surface area contributed by atoms with E-state index < -0.39 is 0 Å². The Morgan fingerprint density at radius 1 is 1.29 bits per heavy atom. The number of hydrogen-bond donors (Lipinski definition) is 1. The van der Waals surface area contributed by atoms with Crippen LogP contribution in [0.25, 0.3) is 0 Å². The Kier molecular flexibility index (Phi) is 5.17. The van der Waals surface area contributed by atoms with Gasteiger partial charge in [0.2, 0.25) is 0 Å². The summed E-state index contributed by atoms with van der Waals surface area (Å²) in [5.41, 5.74) is 1.25. The van der Waals surface area contributed by atoms with E-state index in [4.69, 9.17) is 16.4 Å². The number of amides is 3. The molecule has 2 aliphatic heterocycles. The van der Waals surface area contributed by atoms with Crippen molar-refractivity contribution in [3.05, 3.63) is 53.3 Å².